The minimum absolute atomic E-state index is 0.0400. The van der Waals surface area contributed by atoms with Crippen molar-refractivity contribution >= 4 is 11.6 Å². The number of halogens is 1. The molecule has 0 saturated carbocycles. The maximum absolute atomic E-state index is 13.9. The zero-order valence-electron chi connectivity index (χ0n) is 10.6. The van der Waals surface area contributed by atoms with E-state index in [1.54, 1.807) is 35.0 Å². The standard InChI is InChI=1S/C13H18FN3O/c1-9-8-16(2)13(18)12(7-15)17(9)11-6-4-3-5-10(11)14/h3-6,9,12H,7-8,15H2,1-2H3. The van der Waals surface area contributed by atoms with Gasteiger partial charge in [-0.05, 0) is 19.1 Å². The number of benzene rings is 1. The fourth-order valence-corrected chi connectivity index (χ4v) is 2.54. The molecule has 1 aromatic rings. The topological polar surface area (TPSA) is 49.6 Å². The Labute approximate surface area is 106 Å². The number of hydrogen-bond acceptors (Lipinski definition) is 3. The highest BCUT2D eigenvalue weighted by Gasteiger charge is 2.37. The van der Waals surface area contributed by atoms with Gasteiger partial charge in [-0.2, -0.15) is 0 Å². The van der Waals surface area contributed by atoms with Crippen LogP contribution in [0.15, 0.2) is 24.3 Å². The van der Waals surface area contributed by atoms with Crippen molar-refractivity contribution in [3.8, 4) is 0 Å². The normalized spacial score (nSPS) is 24.6. The van der Waals surface area contributed by atoms with Crippen molar-refractivity contribution in [2.24, 2.45) is 5.73 Å². The monoisotopic (exact) mass is 251 g/mol. The highest BCUT2D eigenvalue weighted by atomic mass is 19.1. The van der Waals surface area contributed by atoms with Crippen LogP contribution in [0.2, 0.25) is 0 Å². The summed E-state index contributed by atoms with van der Waals surface area (Å²) in [6, 6.07) is 6.04. The smallest absolute Gasteiger partial charge is 0.246 e. The second-order valence-electron chi connectivity index (χ2n) is 4.68. The second kappa shape index (κ2) is 4.94. The van der Waals surface area contributed by atoms with Crippen LogP contribution in [0.1, 0.15) is 6.92 Å². The third-order valence-corrected chi connectivity index (χ3v) is 3.36. The Morgan fingerprint density at radius 2 is 2.11 bits per heavy atom. The summed E-state index contributed by atoms with van der Waals surface area (Å²) in [5.74, 6) is -0.376. The summed E-state index contributed by atoms with van der Waals surface area (Å²) < 4.78 is 13.9. The Hall–Kier alpha value is -1.62. The Morgan fingerprint density at radius 1 is 1.44 bits per heavy atom. The van der Waals surface area contributed by atoms with E-state index in [0.29, 0.717) is 12.2 Å². The number of likely N-dealkylation sites (N-methyl/N-ethyl adjacent to an activating group) is 1. The van der Waals surface area contributed by atoms with Crippen LogP contribution in [0, 0.1) is 5.82 Å². The van der Waals surface area contributed by atoms with Gasteiger partial charge in [-0.25, -0.2) is 4.39 Å². The van der Waals surface area contributed by atoms with Crippen LogP contribution in [-0.4, -0.2) is 43.0 Å². The highest BCUT2D eigenvalue weighted by Crippen LogP contribution is 2.26. The summed E-state index contributed by atoms with van der Waals surface area (Å²) >= 11 is 0. The number of anilines is 1. The first-order chi connectivity index (χ1) is 8.56. The molecule has 1 aliphatic heterocycles. The summed E-state index contributed by atoms with van der Waals surface area (Å²) in [6.45, 7) is 2.73. The fourth-order valence-electron chi connectivity index (χ4n) is 2.54. The summed E-state index contributed by atoms with van der Waals surface area (Å²) in [4.78, 5) is 15.5. The molecule has 2 unspecified atom stereocenters. The second-order valence-corrected chi connectivity index (χ2v) is 4.68. The van der Waals surface area contributed by atoms with E-state index in [1.807, 2.05) is 6.92 Å². The third kappa shape index (κ3) is 2.06. The van der Waals surface area contributed by atoms with Gasteiger partial charge in [-0.15, -0.1) is 0 Å². The van der Waals surface area contributed by atoms with E-state index in [2.05, 4.69) is 0 Å². The average molecular weight is 251 g/mol. The van der Waals surface area contributed by atoms with E-state index in [9.17, 15) is 9.18 Å². The number of rotatable bonds is 2. The number of nitrogens with two attached hydrogens (primary N) is 1. The quantitative estimate of drug-likeness (QED) is 0.846. The van der Waals surface area contributed by atoms with Gasteiger partial charge in [0, 0.05) is 26.2 Å². The molecule has 2 atom stereocenters. The van der Waals surface area contributed by atoms with Crippen LogP contribution in [0.3, 0.4) is 0 Å². The average Bonchev–Trinajstić information content (AvgIpc) is 2.34. The number of para-hydroxylation sites is 1. The molecule has 1 fully saturated rings. The number of carbonyl (C=O) groups is 1. The lowest BCUT2D eigenvalue weighted by molar-refractivity contribution is -0.133. The lowest BCUT2D eigenvalue weighted by Gasteiger charge is -2.44. The summed E-state index contributed by atoms with van der Waals surface area (Å²) in [5.41, 5.74) is 6.13. The van der Waals surface area contributed by atoms with Crippen LogP contribution in [0.5, 0.6) is 0 Å². The molecule has 1 aromatic carbocycles. The van der Waals surface area contributed by atoms with Crippen molar-refractivity contribution in [3.63, 3.8) is 0 Å². The van der Waals surface area contributed by atoms with Crippen molar-refractivity contribution in [3.05, 3.63) is 30.1 Å². The molecule has 4 nitrogen and oxygen atoms in total. The predicted octanol–water partition coefficient (Wildman–Crippen LogP) is 0.820. The molecule has 2 rings (SSSR count). The molecule has 98 valence electrons. The first kappa shape index (κ1) is 12.8. The van der Waals surface area contributed by atoms with Crippen LogP contribution in [-0.2, 0) is 4.79 Å². The third-order valence-electron chi connectivity index (χ3n) is 3.36. The van der Waals surface area contributed by atoms with E-state index in [4.69, 9.17) is 5.73 Å². The number of amides is 1. The van der Waals surface area contributed by atoms with Crippen molar-refractivity contribution in [1.29, 1.82) is 0 Å². The Bertz CT molecular complexity index is 452. The van der Waals surface area contributed by atoms with Gasteiger partial charge in [-0.3, -0.25) is 4.79 Å². The van der Waals surface area contributed by atoms with E-state index < -0.39 is 6.04 Å². The fraction of sp³-hybridized carbons (Fsp3) is 0.462. The zero-order valence-corrected chi connectivity index (χ0v) is 10.6. The molecule has 0 aliphatic carbocycles. The molecule has 5 heteroatoms. The number of hydrogen-bond donors (Lipinski definition) is 1. The van der Waals surface area contributed by atoms with E-state index >= 15 is 0 Å². The highest BCUT2D eigenvalue weighted by molar-refractivity contribution is 5.87. The molecular weight excluding hydrogens is 233 g/mol. The van der Waals surface area contributed by atoms with Gasteiger partial charge in [0.1, 0.15) is 11.9 Å². The molecule has 1 heterocycles. The van der Waals surface area contributed by atoms with E-state index in [1.165, 1.54) is 6.07 Å². The molecule has 0 spiro atoms. The summed E-state index contributed by atoms with van der Waals surface area (Å²) in [5, 5.41) is 0. The number of carbonyl (C=O) groups excluding carboxylic acids is 1. The van der Waals surface area contributed by atoms with Crippen molar-refractivity contribution in [1.82, 2.24) is 4.90 Å². The van der Waals surface area contributed by atoms with Gasteiger partial charge < -0.3 is 15.5 Å². The Kier molecular flexibility index (Phi) is 3.52. The number of nitrogens with zero attached hydrogens (tertiary/aromatic N) is 2. The minimum atomic E-state index is -0.490. The predicted molar refractivity (Wildman–Crippen MR) is 68.8 cm³/mol. The Morgan fingerprint density at radius 3 is 2.72 bits per heavy atom. The van der Waals surface area contributed by atoms with Gasteiger partial charge in [0.25, 0.3) is 0 Å². The van der Waals surface area contributed by atoms with Gasteiger partial charge >= 0.3 is 0 Å². The van der Waals surface area contributed by atoms with Crippen molar-refractivity contribution in [2.45, 2.75) is 19.0 Å². The van der Waals surface area contributed by atoms with Gasteiger partial charge in [0.05, 0.1) is 5.69 Å². The lowest BCUT2D eigenvalue weighted by Crippen LogP contribution is -2.62. The summed E-state index contributed by atoms with van der Waals surface area (Å²) in [7, 11) is 1.75. The van der Waals surface area contributed by atoms with Gasteiger partial charge in [0.15, 0.2) is 0 Å². The van der Waals surface area contributed by atoms with Gasteiger partial charge in [-0.1, -0.05) is 12.1 Å². The molecule has 2 N–H and O–H groups in total. The molecular formula is C13H18FN3O. The van der Waals surface area contributed by atoms with Crippen LogP contribution in [0.4, 0.5) is 10.1 Å². The van der Waals surface area contributed by atoms with Crippen LogP contribution < -0.4 is 10.6 Å². The first-order valence-electron chi connectivity index (χ1n) is 6.04. The van der Waals surface area contributed by atoms with E-state index in [0.717, 1.165) is 0 Å². The molecule has 1 amide bonds. The van der Waals surface area contributed by atoms with E-state index in [-0.39, 0.29) is 24.3 Å². The molecule has 0 radical (unpaired) electrons. The largest absolute Gasteiger partial charge is 0.352 e. The maximum atomic E-state index is 13.9. The van der Waals surface area contributed by atoms with Crippen molar-refractivity contribution in [2.75, 3.05) is 25.0 Å². The molecule has 1 saturated heterocycles. The van der Waals surface area contributed by atoms with Gasteiger partial charge in [0.2, 0.25) is 5.91 Å². The molecule has 1 aliphatic rings. The molecule has 18 heavy (non-hydrogen) atoms. The van der Waals surface area contributed by atoms with Crippen LogP contribution >= 0.6 is 0 Å². The molecule has 0 aromatic heterocycles. The van der Waals surface area contributed by atoms with Crippen LogP contribution in [0.25, 0.3) is 0 Å². The maximum Gasteiger partial charge on any atom is 0.246 e. The molecule has 0 bridgehead atoms. The minimum Gasteiger partial charge on any atom is -0.352 e. The number of piperazine rings is 1. The summed E-state index contributed by atoms with van der Waals surface area (Å²) in [6.07, 6.45) is 0. The first-order valence-corrected chi connectivity index (χ1v) is 6.04. The SMILES string of the molecule is CC1CN(C)C(=O)C(CN)N1c1ccccc1F. The Balaban J connectivity index is 2.41. The van der Waals surface area contributed by atoms with Crippen molar-refractivity contribution < 1.29 is 9.18 Å². The zero-order chi connectivity index (χ0) is 13.3. The lowest BCUT2D eigenvalue weighted by atomic mass is 10.0.